The lowest BCUT2D eigenvalue weighted by Gasteiger charge is -2.26. The van der Waals surface area contributed by atoms with Crippen LogP contribution in [0.2, 0.25) is 0 Å². The van der Waals surface area contributed by atoms with Crippen LogP contribution < -0.4 is 9.47 Å². The van der Waals surface area contributed by atoms with E-state index in [0.29, 0.717) is 0 Å². The van der Waals surface area contributed by atoms with Crippen LogP contribution in [0, 0.1) is 13.8 Å². The predicted molar refractivity (Wildman–Crippen MR) is 227 cm³/mol. The lowest BCUT2D eigenvalue weighted by molar-refractivity contribution is 0.482. The van der Waals surface area contributed by atoms with Crippen molar-refractivity contribution >= 4 is 43.9 Å². The number of rotatable bonds is 8. The van der Waals surface area contributed by atoms with Crippen LogP contribution in [0.25, 0.3) is 55.2 Å². The van der Waals surface area contributed by atoms with Gasteiger partial charge >= 0.3 is 0 Å². The molecule has 6 aromatic carbocycles. The first kappa shape index (κ1) is 34.2. The third-order valence-electron chi connectivity index (χ3n) is 10.8. The molecule has 0 aliphatic rings. The molecule has 0 unspecified atom stereocenters. The van der Waals surface area contributed by atoms with Gasteiger partial charge in [-0.2, -0.15) is 10.2 Å². The fraction of sp³-hybridized carbons (Fsp3) is 0.102. The Morgan fingerprint density at radius 1 is 0.439 bits per heavy atom. The Labute approximate surface area is 329 Å². The zero-order valence-corrected chi connectivity index (χ0v) is 32.0. The van der Waals surface area contributed by atoms with Crippen LogP contribution in [-0.2, 0) is 5.41 Å². The molecule has 10 rings (SSSR count). The zero-order chi connectivity index (χ0) is 38.7. The van der Waals surface area contributed by atoms with Gasteiger partial charge in [0, 0.05) is 27.0 Å². The van der Waals surface area contributed by atoms with Gasteiger partial charge in [-0.1, -0.05) is 74.5 Å². The Morgan fingerprint density at radius 2 is 0.825 bits per heavy atom. The van der Waals surface area contributed by atoms with Gasteiger partial charge in [0.25, 0.3) is 0 Å². The van der Waals surface area contributed by atoms with E-state index in [1.54, 1.807) is 0 Å². The van der Waals surface area contributed by atoms with E-state index < -0.39 is 0 Å². The van der Waals surface area contributed by atoms with Crippen molar-refractivity contribution in [2.24, 2.45) is 0 Å². The summed E-state index contributed by atoms with van der Waals surface area (Å²) in [5, 5.41) is 13.6. The molecule has 0 spiro atoms. The van der Waals surface area contributed by atoms with E-state index in [1.165, 1.54) is 11.1 Å². The Morgan fingerprint density at radius 3 is 1.23 bits per heavy atom. The summed E-state index contributed by atoms with van der Waals surface area (Å²) in [4.78, 5) is 9.96. The van der Waals surface area contributed by atoms with E-state index in [9.17, 15) is 0 Å². The molecule has 276 valence electrons. The van der Waals surface area contributed by atoms with Gasteiger partial charge in [-0.15, -0.1) is 0 Å². The van der Waals surface area contributed by atoms with Crippen LogP contribution in [0.4, 0.5) is 0 Å². The summed E-state index contributed by atoms with van der Waals surface area (Å²) in [5.41, 5.74) is 9.41. The summed E-state index contributed by atoms with van der Waals surface area (Å²) < 4.78 is 16.5. The van der Waals surface area contributed by atoms with Crippen LogP contribution in [-0.4, -0.2) is 29.5 Å². The van der Waals surface area contributed by atoms with Gasteiger partial charge < -0.3 is 9.47 Å². The Balaban J connectivity index is 0.839. The second-order valence-electron chi connectivity index (χ2n) is 15.0. The summed E-state index contributed by atoms with van der Waals surface area (Å²) in [5.74, 6) is 3.05. The minimum atomic E-state index is -0.249. The molecule has 0 saturated carbocycles. The number of nitrogens with zero attached hydrogens (tertiary/aromatic N) is 6. The first-order chi connectivity index (χ1) is 27.8. The molecule has 57 heavy (non-hydrogen) atoms. The number of pyridine rings is 2. The molecule has 0 atom stereocenters. The third kappa shape index (κ3) is 6.21. The molecular formula is C49H38N6O2. The fourth-order valence-electron chi connectivity index (χ4n) is 7.59. The number of para-hydroxylation sites is 2. The van der Waals surface area contributed by atoms with Gasteiger partial charge in [-0.05, 0) is 122 Å². The highest BCUT2D eigenvalue weighted by Crippen LogP contribution is 2.36. The predicted octanol–water partition coefficient (Wildman–Crippen LogP) is 12.0. The van der Waals surface area contributed by atoms with Crippen molar-refractivity contribution in [3.8, 4) is 34.4 Å². The molecule has 0 aliphatic carbocycles. The minimum Gasteiger partial charge on any atom is -0.457 e. The molecule has 8 heteroatoms. The standard InChI is InChI=1S/C49H38N6O2/c1-31-43-29-33-27-41(23-25-45(33)50-47(43)54(52-31)37-11-7-5-8-12-37)56-39-19-15-35(16-20-39)49(3,4)36-17-21-40(22-18-36)57-42-24-26-46-34(28-42)30-44-32(2)53-55(48(44)51-46)38-13-9-6-10-14-38/h5-30H,1-4H3. The zero-order valence-electron chi connectivity index (χ0n) is 32.0. The van der Waals surface area contributed by atoms with Crippen LogP contribution in [0.1, 0.15) is 36.4 Å². The van der Waals surface area contributed by atoms with E-state index in [4.69, 9.17) is 29.6 Å². The van der Waals surface area contributed by atoms with E-state index in [1.807, 2.05) is 145 Å². The number of aryl methyl sites for hydroxylation is 2. The number of hydrogen-bond acceptors (Lipinski definition) is 6. The Kier molecular flexibility index (Phi) is 8.07. The summed E-state index contributed by atoms with van der Waals surface area (Å²) in [6.45, 7) is 8.50. The van der Waals surface area contributed by atoms with E-state index in [-0.39, 0.29) is 5.41 Å². The van der Waals surface area contributed by atoms with E-state index >= 15 is 0 Å². The second kappa shape index (κ2) is 13.5. The molecule has 0 N–H and O–H groups in total. The molecule has 10 aromatic rings. The second-order valence-corrected chi connectivity index (χ2v) is 15.0. The van der Waals surface area contributed by atoms with Crippen molar-refractivity contribution in [1.29, 1.82) is 0 Å². The normalized spacial score (nSPS) is 11.9. The Bertz CT molecular complexity index is 2890. The summed E-state index contributed by atoms with van der Waals surface area (Å²) in [6, 6.07) is 53.2. The molecule has 0 saturated heterocycles. The number of aromatic nitrogens is 6. The molecule has 0 aliphatic heterocycles. The highest BCUT2D eigenvalue weighted by atomic mass is 16.5. The molecular weight excluding hydrogens is 705 g/mol. The highest BCUT2D eigenvalue weighted by Gasteiger charge is 2.23. The van der Waals surface area contributed by atoms with Gasteiger partial charge in [0.1, 0.15) is 23.0 Å². The number of fused-ring (bicyclic) bond motifs is 4. The van der Waals surface area contributed by atoms with Gasteiger partial charge in [-0.25, -0.2) is 19.3 Å². The fourth-order valence-corrected chi connectivity index (χ4v) is 7.59. The average molecular weight is 743 g/mol. The number of hydrogen-bond donors (Lipinski definition) is 0. The van der Waals surface area contributed by atoms with Crippen molar-refractivity contribution in [2.75, 3.05) is 0 Å². The highest BCUT2D eigenvalue weighted by molar-refractivity contribution is 5.95. The SMILES string of the molecule is Cc1nn(-c2ccccc2)c2nc3ccc(Oc4ccc(C(C)(C)c5ccc(Oc6ccc7nc8c(cc7c6)c(C)nn8-c6ccccc6)cc5)cc4)cc3cc12. The van der Waals surface area contributed by atoms with Crippen molar-refractivity contribution in [1.82, 2.24) is 29.5 Å². The van der Waals surface area contributed by atoms with Crippen LogP contribution in [0.3, 0.4) is 0 Å². The molecule has 0 bridgehead atoms. The molecule has 0 fully saturated rings. The monoisotopic (exact) mass is 742 g/mol. The van der Waals surface area contributed by atoms with Crippen molar-refractivity contribution in [3.05, 3.63) is 180 Å². The quantitative estimate of drug-likeness (QED) is 0.154. The maximum atomic E-state index is 6.35. The molecule has 4 heterocycles. The summed E-state index contributed by atoms with van der Waals surface area (Å²) in [6.07, 6.45) is 0. The van der Waals surface area contributed by atoms with Crippen molar-refractivity contribution in [2.45, 2.75) is 33.1 Å². The smallest absolute Gasteiger partial charge is 0.163 e. The Hall–Kier alpha value is -7.32. The first-order valence-electron chi connectivity index (χ1n) is 19.0. The minimum absolute atomic E-state index is 0.249. The average Bonchev–Trinajstić information content (AvgIpc) is 3.74. The topological polar surface area (TPSA) is 79.9 Å². The summed E-state index contributed by atoms with van der Waals surface area (Å²) >= 11 is 0. The maximum absolute atomic E-state index is 6.35. The van der Waals surface area contributed by atoms with E-state index in [0.717, 1.165) is 89.6 Å². The van der Waals surface area contributed by atoms with Gasteiger partial charge in [0.15, 0.2) is 11.3 Å². The third-order valence-corrected chi connectivity index (χ3v) is 10.8. The number of ether oxygens (including phenoxy) is 2. The molecule has 4 aromatic heterocycles. The molecule has 0 radical (unpaired) electrons. The van der Waals surface area contributed by atoms with Gasteiger partial charge in [-0.3, -0.25) is 0 Å². The van der Waals surface area contributed by atoms with Gasteiger partial charge in [0.2, 0.25) is 0 Å². The lowest BCUT2D eigenvalue weighted by Crippen LogP contribution is -2.18. The van der Waals surface area contributed by atoms with Gasteiger partial charge in [0.05, 0.1) is 33.8 Å². The van der Waals surface area contributed by atoms with Crippen molar-refractivity contribution in [3.63, 3.8) is 0 Å². The molecule has 0 amide bonds. The maximum Gasteiger partial charge on any atom is 0.163 e. The van der Waals surface area contributed by atoms with Crippen LogP contribution >= 0.6 is 0 Å². The van der Waals surface area contributed by atoms with Crippen LogP contribution in [0.5, 0.6) is 23.0 Å². The lowest BCUT2D eigenvalue weighted by atomic mass is 9.78. The van der Waals surface area contributed by atoms with Crippen molar-refractivity contribution < 1.29 is 9.47 Å². The first-order valence-corrected chi connectivity index (χ1v) is 19.0. The van der Waals surface area contributed by atoms with Crippen LogP contribution in [0.15, 0.2) is 158 Å². The van der Waals surface area contributed by atoms with E-state index in [2.05, 4.69) is 50.2 Å². The summed E-state index contributed by atoms with van der Waals surface area (Å²) in [7, 11) is 0. The molecule has 8 nitrogen and oxygen atoms in total. The number of benzene rings is 6. The largest absolute Gasteiger partial charge is 0.457 e.